The molecular weight excluding hydrogens is 321 g/mol. The fourth-order valence-corrected chi connectivity index (χ4v) is 2.24. The van der Waals surface area contributed by atoms with Gasteiger partial charge in [0.05, 0.1) is 24.0 Å². The Balaban J connectivity index is 2.03. The summed E-state index contributed by atoms with van der Waals surface area (Å²) in [5, 5.41) is 13.5. The molecule has 130 valence electrons. The van der Waals surface area contributed by atoms with Crippen LogP contribution in [-0.2, 0) is 18.3 Å². The summed E-state index contributed by atoms with van der Waals surface area (Å²) >= 11 is 0. The zero-order valence-corrected chi connectivity index (χ0v) is 13.4. The van der Waals surface area contributed by atoms with Crippen molar-refractivity contribution in [1.29, 1.82) is 0 Å². The van der Waals surface area contributed by atoms with Crippen LogP contribution in [0.5, 0.6) is 5.88 Å². The zero-order valence-electron chi connectivity index (χ0n) is 13.4. The minimum atomic E-state index is -4.44. The van der Waals surface area contributed by atoms with E-state index < -0.39 is 17.3 Å². The predicted octanol–water partition coefficient (Wildman–Crippen LogP) is 3.11. The highest BCUT2D eigenvalue weighted by Gasteiger charge is 2.32. The van der Waals surface area contributed by atoms with Crippen LogP contribution in [0.4, 0.5) is 13.2 Å². The van der Waals surface area contributed by atoms with Gasteiger partial charge in [-0.25, -0.2) is 4.98 Å². The number of methoxy groups -OCH3 is 1. The van der Waals surface area contributed by atoms with E-state index in [9.17, 15) is 18.3 Å². The highest BCUT2D eigenvalue weighted by Crippen LogP contribution is 2.31. The van der Waals surface area contributed by atoms with Gasteiger partial charge in [-0.2, -0.15) is 13.2 Å². The minimum absolute atomic E-state index is 0.0766. The van der Waals surface area contributed by atoms with Crippen molar-refractivity contribution in [3.8, 4) is 5.88 Å². The Labute approximate surface area is 138 Å². The van der Waals surface area contributed by atoms with Crippen molar-refractivity contribution in [2.24, 2.45) is 0 Å². The quantitative estimate of drug-likeness (QED) is 0.848. The lowest BCUT2D eigenvalue weighted by Gasteiger charge is -2.25. The van der Waals surface area contributed by atoms with Gasteiger partial charge in [-0.15, -0.1) is 0 Å². The van der Waals surface area contributed by atoms with Gasteiger partial charge in [0, 0.05) is 19.2 Å². The van der Waals surface area contributed by atoms with E-state index in [1.807, 2.05) is 0 Å². The number of ether oxygens (including phenoxy) is 1. The molecule has 1 atom stereocenters. The largest absolute Gasteiger partial charge is 0.481 e. The maximum atomic E-state index is 12.8. The summed E-state index contributed by atoms with van der Waals surface area (Å²) in [6.45, 7) is 1.90. The summed E-state index contributed by atoms with van der Waals surface area (Å²) in [4.78, 5) is 4.21. The van der Waals surface area contributed by atoms with Crippen molar-refractivity contribution < 1.29 is 23.0 Å². The van der Waals surface area contributed by atoms with Crippen molar-refractivity contribution in [3.63, 3.8) is 0 Å². The van der Waals surface area contributed by atoms with E-state index in [2.05, 4.69) is 10.3 Å². The number of pyridine rings is 1. The van der Waals surface area contributed by atoms with Crippen molar-refractivity contribution in [1.82, 2.24) is 10.3 Å². The summed E-state index contributed by atoms with van der Waals surface area (Å²) < 4.78 is 43.4. The third-order valence-corrected chi connectivity index (χ3v) is 3.58. The molecule has 1 unspecified atom stereocenters. The SMILES string of the molecule is COc1cccc(CNCC(C)(O)c2cccc(C(F)(F)F)c2)n1. The predicted molar refractivity (Wildman–Crippen MR) is 83.5 cm³/mol. The van der Waals surface area contributed by atoms with E-state index >= 15 is 0 Å². The molecule has 0 aliphatic carbocycles. The first-order valence-corrected chi connectivity index (χ1v) is 7.33. The molecule has 0 saturated heterocycles. The van der Waals surface area contributed by atoms with Crippen LogP contribution in [0, 0.1) is 0 Å². The standard InChI is InChI=1S/C17H19F3N2O2/c1-16(23,12-5-3-6-13(9-12)17(18,19)20)11-21-10-14-7-4-8-15(22-14)24-2/h3-9,21,23H,10-11H2,1-2H3. The Morgan fingerprint density at radius 1 is 1.12 bits per heavy atom. The molecule has 0 radical (unpaired) electrons. The third kappa shape index (κ3) is 4.69. The minimum Gasteiger partial charge on any atom is -0.481 e. The van der Waals surface area contributed by atoms with Crippen LogP contribution in [0.15, 0.2) is 42.5 Å². The second kappa shape index (κ2) is 7.19. The number of nitrogens with zero attached hydrogens (tertiary/aromatic N) is 1. The first-order valence-electron chi connectivity index (χ1n) is 7.33. The van der Waals surface area contributed by atoms with Crippen LogP contribution in [0.2, 0.25) is 0 Å². The Kier molecular flexibility index (Phi) is 5.46. The molecule has 7 heteroatoms. The van der Waals surface area contributed by atoms with Gasteiger partial charge < -0.3 is 15.2 Å². The van der Waals surface area contributed by atoms with Crippen molar-refractivity contribution in [2.75, 3.05) is 13.7 Å². The van der Waals surface area contributed by atoms with E-state index in [-0.39, 0.29) is 12.1 Å². The van der Waals surface area contributed by atoms with Crippen LogP contribution >= 0.6 is 0 Å². The number of alkyl halides is 3. The van der Waals surface area contributed by atoms with Crippen molar-refractivity contribution in [2.45, 2.75) is 25.2 Å². The molecule has 1 heterocycles. The van der Waals surface area contributed by atoms with Gasteiger partial charge in [0.1, 0.15) is 0 Å². The monoisotopic (exact) mass is 340 g/mol. The van der Waals surface area contributed by atoms with E-state index in [0.717, 1.165) is 12.1 Å². The number of benzene rings is 1. The third-order valence-electron chi connectivity index (χ3n) is 3.58. The molecule has 2 rings (SSSR count). The van der Waals surface area contributed by atoms with Crippen molar-refractivity contribution >= 4 is 0 Å². The van der Waals surface area contributed by atoms with Crippen LogP contribution in [0.25, 0.3) is 0 Å². The fourth-order valence-electron chi connectivity index (χ4n) is 2.24. The van der Waals surface area contributed by atoms with Crippen molar-refractivity contribution in [3.05, 3.63) is 59.3 Å². The number of hydrogen-bond acceptors (Lipinski definition) is 4. The molecule has 1 aromatic carbocycles. The normalized spacial score (nSPS) is 14.2. The van der Waals surface area contributed by atoms with Gasteiger partial charge >= 0.3 is 6.18 Å². The zero-order chi connectivity index (χ0) is 17.8. The average molecular weight is 340 g/mol. The molecule has 4 nitrogen and oxygen atoms in total. The lowest BCUT2D eigenvalue weighted by molar-refractivity contribution is -0.137. The highest BCUT2D eigenvalue weighted by atomic mass is 19.4. The number of aromatic nitrogens is 1. The maximum Gasteiger partial charge on any atom is 0.416 e. The number of rotatable bonds is 6. The molecule has 2 aromatic rings. The van der Waals surface area contributed by atoms with Crippen LogP contribution < -0.4 is 10.1 Å². The molecule has 1 aromatic heterocycles. The first kappa shape index (κ1) is 18.2. The molecule has 0 amide bonds. The molecule has 2 N–H and O–H groups in total. The summed E-state index contributed by atoms with van der Waals surface area (Å²) in [7, 11) is 1.51. The second-order valence-electron chi connectivity index (χ2n) is 5.63. The Morgan fingerprint density at radius 2 is 1.79 bits per heavy atom. The lowest BCUT2D eigenvalue weighted by atomic mass is 9.94. The van der Waals surface area contributed by atoms with Gasteiger partial charge in [-0.05, 0) is 30.7 Å². The van der Waals surface area contributed by atoms with E-state index in [0.29, 0.717) is 18.1 Å². The molecule has 0 aliphatic heterocycles. The van der Waals surface area contributed by atoms with Gasteiger partial charge in [-0.3, -0.25) is 0 Å². The van der Waals surface area contributed by atoms with E-state index in [1.54, 1.807) is 18.2 Å². The lowest BCUT2D eigenvalue weighted by Crippen LogP contribution is -2.35. The smallest absolute Gasteiger partial charge is 0.416 e. The van der Waals surface area contributed by atoms with Gasteiger partial charge in [-0.1, -0.05) is 18.2 Å². The summed E-state index contributed by atoms with van der Waals surface area (Å²) in [6, 6.07) is 9.99. The average Bonchev–Trinajstić information content (AvgIpc) is 2.54. The Hall–Kier alpha value is -2.12. The molecular formula is C17H19F3N2O2. The molecule has 0 bridgehead atoms. The van der Waals surface area contributed by atoms with E-state index in [1.165, 1.54) is 26.2 Å². The number of nitrogens with one attached hydrogen (secondary N) is 1. The molecule has 0 saturated carbocycles. The topological polar surface area (TPSA) is 54.4 Å². The van der Waals surface area contributed by atoms with Gasteiger partial charge in [0.25, 0.3) is 0 Å². The van der Waals surface area contributed by atoms with Gasteiger partial charge in [0.2, 0.25) is 5.88 Å². The fraction of sp³-hybridized carbons (Fsp3) is 0.353. The summed E-state index contributed by atoms with van der Waals surface area (Å²) in [6.07, 6.45) is -4.44. The van der Waals surface area contributed by atoms with Gasteiger partial charge in [0.15, 0.2) is 0 Å². The maximum absolute atomic E-state index is 12.8. The Morgan fingerprint density at radius 3 is 2.46 bits per heavy atom. The highest BCUT2D eigenvalue weighted by molar-refractivity contribution is 5.30. The molecule has 0 spiro atoms. The first-order chi connectivity index (χ1) is 11.2. The summed E-state index contributed by atoms with van der Waals surface area (Å²) in [5.41, 5.74) is -1.33. The molecule has 24 heavy (non-hydrogen) atoms. The van der Waals surface area contributed by atoms with E-state index in [4.69, 9.17) is 4.74 Å². The number of aliphatic hydroxyl groups is 1. The van der Waals surface area contributed by atoms with Crippen LogP contribution in [0.1, 0.15) is 23.7 Å². The number of hydrogen-bond donors (Lipinski definition) is 2. The summed E-state index contributed by atoms with van der Waals surface area (Å²) in [5.74, 6) is 0.471. The van der Waals surface area contributed by atoms with Crippen LogP contribution in [0.3, 0.4) is 0 Å². The Bertz CT molecular complexity index is 688. The number of halogens is 3. The van der Waals surface area contributed by atoms with Crippen LogP contribution in [-0.4, -0.2) is 23.7 Å². The second-order valence-corrected chi connectivity index (χ2v) is 5.63. The molecule has 0 aliphatic rings. The molecule has 0 fully saturated rings.